The molecule has 0 fully saturated rings. The molecule has 0 amide bonds. The minimum Gasteiger partial charge on any atom is -0.327 e. The van der Waals surface area contributed by atoms with Crippen LogP contribution in [0.15, 0.2) is 35.2 Å². The molecule has 0 aliphatic heterocycles. The van der Waals surface area contributed by atoms with E-state index in [0.717, 1.165) is 34.9 Å². The summed E-state index contributed by atoms with van der Waals surface area (Å²) in [6.07, 6.45) is 1.69. The molecule has 0 aliphatic rings. The lowest BCUT2D eigenvalue weighted by Crippen LogP contribution is -2.22. The molecule has 5 heteroatoms. The Labute approximate surface area is 129 Å². The van der Waals surface area contributed by atoms with Gasteiger partial charge in [-0.3, -0.25) is 0 Å². The molecule has 1 heterocycles. The SMILES string of the molecule is CCC(N)Cc1cc(C)nc(CSc2cccc(F)c2)n1. The fraction of sp³-hybridized carbons (Fsp3) is 0.375. The fourth-order valence-electron chi connectivity index (χ4n) is 1.99. The lowest BCUT2D eigenvalue weighted by molar-refractivity contribution is 0.624. The Kier molecular flexibility index (Phi) is 5.70. The van der Waals surface area contributed by atoms with Gasteiger partial charge in [0.2, 0.25) is 0 Å². The zero-order chi connectivity index (χ0) is 15.2. The maximum Gasteiger partial charge on any atom is 0.139 e. The topological polar surface area (TPSA) is 51.8 Å². The van der Waals surface area contributed by atoms with Crippen LogP contribution >= 0.6 is 11.8 Å². The normalized spacial score (nSPS) is 12.4. The van der Waals surface area contributed by atoms with Gasteiger partial charge < -0.3 is 5.73 Å². The van der Waals surface area contributed by atoms with Gasteiger partial charge in [0.1, 0.15) is 11.6 Å². The minimum atomic E-state index is -0.222. The van der Waals surface area contributed by atoms with Gasteiger partial charge in [-0.2, -0.15) is 0 Å². The van der Waals surface area contributed by atoms with Crippen molar-refractivity contribution < 1.29 is 4.39 Å². The summed E-state index contributed by atoms with van der Waals surface area (Å²) in [7, 11) is 0. The van der Waals surface area contributed by atoms with Crippen LogP contribution in [0.1, 0.15) is 30.6 Å². The summed E-state index contributed by atoms with van der Waals surface area (Å²) in [6.45, 7) is 4.03. The van der Waals surface area contributed by atoms with E-state index in [4.69, 9.17) is 5.73 Å². The predicted molar refractivity (Wildman–Crippen MR) is 84.7 cm³/mol. The summed E-state index contributed by atoms with van der Waals surface area (Å²) in [5.41, 5.74) is 7.90. The van der Waals surface area contributed by atoms with Crippen LogP contribution in [0.2, 0.25) is 0 Å². The summed E-state index contributed by atoms with van der Waals surface area (Å²) in [6, 6.07) is 8.67. The summed E-state index contributed by atoms with van der Waals surface area (Å²) >= 11 is 1.53. The molecule has 21 heavy (non-hydrogen) atoms. The Balaban J connectivity index is 2.06. The molecule has 0 saturated heterocycles. The number of aromatic nitrogens is 2. The summed E-state index contributed by atoms with van der Waals surface area (Å²) in [5.74, 6) is 1.17. The van der Waals surface area contributed by atoms with Crippen LogP contribution in [0.5, 0.6) is 0 Å². The van der Waals surface area contributed by atoms with E-state index in [1.54, 1.807) is 6.07 Å². The average Bonchev–Trinajstić information content (AvgIpc) is 2.44. The van der Waals surface area contributed by atoms with Gasteiger partial charge in [0.25, 0.3) is 0 Å². The first-order valence-electron chi connectivity index (χ1n) is 7.04. The van der Waals surface area contributed by atoms with Gasteiger partial charge in [0.05, 0.1) is 5.75 Å². The Hall–Kier alpha value is -1.46. The Bertz CT molecular complexity index is 604. The molecule has 2 N–H and O–H groups in total. The highest BCUT2D eigenvalue weighted by Gasteiger charge is 2.07. The van der Waals surface area contributed by atoms with Crippen LogP contribution in [0.3, 0.4) is 0 Å². The van der Waals surface area contributed by atoms with Crippen molar-refractivity contribution in [3.8, 4) is 0 Å². The van der Waals surface area contributed by atoms with E-state index in [1.165, 1.54) is 23.9 Å². The Morgan fingerprint density at radius 2 is 2.10 bits per heavy atom. The molecule has 0 radical (unpaired) electrons. The third-order valence-electron chi connectivity index (χ3n) is 3.11. The first-order valence-corrected chi connectivity index (χ1v) is 8.02. The number of aryl methyl sites for hydroxylation is 1. The second-order valence-electron chi connectivity index (χ2n) is 5.04. The van der Waals surface area contributed by atoms with Gasteiger partial charge in [-0.15, -0.1) is 11.8 Å². The minimum absolute atomic E-state index is 0.128. The van der Waals surface area contributed by atoms with E-state index in [9.17, 15) is 4.39 Å². The quantitative estimate of drug-likeness (QED) is 0.830. The molecule has 112 valence electrons. The molecular formula is C16H20FN3S. The van der Waals surface area contributed by atoms with E-state index in [0.29, 0.717) is 5.75 Å². The largest absolute Gasteiger partial charge is 0.327 e. The van der Waals surface area contributed by atoms with Crippen molar-refractivity contribution in [2.45, 2.75) is 43.4 Å². The van der Waals surface area contributed by atoms with Crippen LogP contribution in [0.4, 0.5) is 4.39 Å². The van der Waals surface area contributed by atoms with Crippen molar-refractivity contribution in [3.63, 3.8) is 0 Å². The molecule has 0 saturated carbocycles. The zero-order valence-electron chi connectivity index (χ0n) is 12.3. The van der Waals surface area contributed by atoms with E-state index in [2.05, 4.69) is 16.9 Å². The molecule has 1 aromatic carbocycles. The van der Waals surface area contributed by atoms with E-state index in [-0.39, 0.29) is 11.9 Å². The van der Waals surface area contributed by atoms with Gasteiger partial charge >= 0.3 is 0 Å². The molecule has 3 nitrogen and oxygen atoms in total. The second-order valence-corrected chi connectivity index (χ2v) is 6.08. The number of thioether (sulfide) groups is 1. The Morgan fingerprint density at radius 1 is 1.29 bits per heavy atom. The monoisotopic (exact) mass is 305 g/mol. The van der Waals surface area contributed by atoms with Gasteiger partial charge in [0.15, 0.2) is 0 Å². The third kappa shape index (κ3) is 5.10. The summed E-state index contributed by atoms with van der Waals surface area (Å²) in [4.78, 5) is 9.87. The molecule has 1 unspecified atom stereocenters. The van der Waals surface area contributed by atoms with Crippen molar-refractivity contribution in [3.05, 3.63) is 53.4 Å². The highest BCUT2D eigenvalue weighted by atomic mass is 32.2. The number of hydrogen-bond donors (Lipinski definition) is 1. The number of hydrogen-bond acceptors (Lipinski definition) is 4. The number of halogens is 1. The van der Waals surface area contributed by atoms with E-state index < -0.39 is 0 Å². The van der Waals surface area contributed by atoms with Crippen LogP contribution < -0.4 is 5.73 Å². The molecule has 0 bridgehead atoms. The van der Waals surface area contributed by atoms with Gasteiger partial charge in [-0.25, -0.2) is 14.4 Å². The van der Waals surface area contributed by atoms with Gasteiger partial charge in [0, 0.05) is 28.7 Å². The molecule has 1 aromatic heterocycles. The lowest BCUT2D eigenvalue weighted by atomic mass is 10.1. The maximum atomic E-state index is 13.1. The van der Waals surface area contributed by atoms with Crippen molar-refractivity contribution in [1.29, 1.82) is 0 Å². The standard InChI is InChI=1S/C16H20FN3S/c1-3-13(18)9-14-7-11(2)19-16(20-14)10-21-15-6-4-5-12(17)8-15/h4-8,13H,3,9-10,18H2,1-2H3. The van der Waals surface area contributed by atoms with Crippen LogP contribution in [0.25, 0.3) is 0 Å². The summed E-state index contributed by atoms with van der Waals surface area (Å²) < 4.78 is 13.1. The second kappa shape index (κ2) is 7.52. The van der Waals surface area contributed by atoms with Crippen LogP contribution in [-0.4, -0.2) is 16.0 Å². The van der Waals surface area contributed by atoms with Gasteiger partial charge in [-0.05, 0) is 37.6 Å². The number of benzene rings is 1. The molecule has 2 aromatic rings. The summed E-state index contributed by atoms with van der Waals surface area (Å²) in [5, 5.41) is 0. The smallest absolute Gasteiger partial charge is 0.139 e. The lowest BCUT2D eigenvalue weighted by Gasteiger charge is -2.10. The number of rotatable bonds is 6. The van der Waals surface area contributed by atoms with E-state index >= 15 is 0 Å². The average molecular weight is 305 g/mol. The highest BCUT2D eigenvalue weighted by Crippen LogP contribution is 2.22. The molecule has 2 rings (SSSR count). The fourth-order valence-corrected chi connectivity index (χ4v) is 2.78. The van der Waals surface area contributed by atoms with Crippen LogP contribution in [-0.2, 0) is 12.2 Å². The zero-order valence-corrected chi connectivity index (χ0v) is 13.2. The molecular weight excluding hydrogens is 285 g/mol. The first kappa shape index (κ1) is 15.9. The van der Waals surface area contributed by atoms with E-state index in [1.807, 2.05) is 19.1 Å². The highest BCUT2D eigenvalue weighted by molar-refractivity contribution is 7.98. The van der Waals surface area contributed by atoms with Crippen molar-refractivity contribution in [2.75, 3.05) is 0 Å². The maximum absolute atomic E-state index is 13.1. The predicted octanol–water partition coefficient (Wildman–Crippen LogP) is 3.50. The van der Waals surface area contributed by atoms with Crippen molar-refractivity contribution in [1.82, 2.24) is 9.97 Å². The number of nitrogens with zero attached hydrogens (tertiary/aromatic N) is 2. The Morgan fingerprint density at radius 3 is 2.81 bits per heavy atom. The third-order valence-corrected chi connectivity index (χ3v) is 4.10. The van der Waals surface area contributed by atoms with Crippen molar-refractivity contribution in [2.24, 2.45) is 5.73 Å². The number of nitrogens with two attached hydrogens (primary N) is 1. The molecule has 1 atom stereocenters. The van der Waals surface area contributed by atoms with Gasteiger partial charge in [-0.1, -0.05) is 13.0 Å². The van der Waals surface area contributed by atoms with Crippen LogP contribution in [0, 0.1) is 12.7 Å². The first-order chi connectivity index (χ1) is 10.1. The van der Waals surface area contributed by atoms with Crippen molar-refractivity contribution >= 4 is 11.8 Å². The molecule has 0 spiro atoms. The molecule has 0 aliphatic carbocycles.